The number of aromatic nitrogens is 2. The molecule has 1 aliphatic heterocycles. The van der Waals surface area contributed by atoms with E-state index in [2.05, 4.69) is 15.0 Å². The maximum atomic E-state index is 13.1. The predicted octanol–water partition coefficient (Wildman–Crippen LogP) is 5.89. The number of rotatable bonds is 14. The number of aryl methyl sites for hydroxylation is 1. The van der Waals surface area contributed by atoms with Gasteiger partial charge < -0.3 is 34.1 Å². The number of nitrogens with zero attached hydrogens (tertiary/aromatic N) is 2. The Morgan fingerprint density at radius 2 is 1.52 bits per heavy atom. The van der Waals surface area contributed by atoms with Crippen LogP contribution in [0.15, 0.2) is 95.9 Å². The number of aliphatic hydroxyl groups excluding tert-OH is 1. The summed E-state index contributed by atoms with van der Waals surface area (Å²) in [4.78, 5) is 28.4. The van der Waals surface area contributed by atoms with Crippen molar-refractivity contribution >= 4 is 11.7 Å². The number of alkyl halides is 6. The quantitative estimate of drug-likeness (QED) is 0.0700. The van der Waals surface area contributed by atoms with Gasteiger partial charge in [0.05, 0.1) is 20.3 Å². The third kappa shape index (κ3) is 9.10. The summed E-state index contributed by atoms with van der Waals surface area (Å²) in [6.45, 7) is -0.241. The van der Waals surface area contributed by atoms with Crippen molar-refractivity contribution in [3.63, 3.8) is 0 Å². The van der Waals surface area contributed by atoms with Crippen LogP contribution in [0.1, 0.15) is 35.4 Å². The SMILES string of the molecule is COc1ccc(C(OC[C@H]2O[C@@H](n3ccc(NC(C)=O)nc3=O)[C@@H](OCOCC(C(F)(F)F)C(F)(F)F)C2O)(c2ccccc2)c2ccc(C)cc2)cc1. The molecule has 17 heteroatoms. The van der Waals surface area contributed by atoms with Crippen molar-refractivity contribution in [1.29, 1.82) is 0 Å². The fourth-order valence-corrected chi connectivity index (χ4v) is 6.03. The lowest BCUT2D eigenvalue weighted by atomic mass is 9.79. The molecule has 3 aromatic carbocycles. The summed E-state index contributed by atoms with van der Waals surface area (Å²) >= 11 is 0. The molecule has 1 aliphatic rings. The van der Waals surface area contributed by atoms with Crippen LogP contribution in [0, 0.1) is 12.8 Å². The summed E-state index contributed by atoms with van der Waals surface area (Å²) < 4.78 is 108. The Bertz CT molecular complexity index is 1890. The number of aliphatic hydroxyl groups is 1. The highest BCUT2D eigenvalue weighted by Crippen LogP contribution is 2.43. The molecule has 1 fully saturated rings. The van der Waals surface area contributed by atoms with Crippen LogP contribution in [-0.2, 0) is 29.3 Å². The lowest BCUT2D eigenvalue weighted by Crippen LogP contribution is -2.42. The molecule has 290 valence electrons. The maximum absolute atomic E-state index is 13.1. The average molecular weight is 766 g/mol. The first-order valence-electron chi connectivity index (χ1n) is 16.5. The first-order chi connectivity index (χ1) is 25.5. The summed E-state index contributed by atoms with van der Waals surface area (Å²) in [7, 11) is 1.52. The van der Waals surface area contributed by atoms with Crippen LogP contribution in [-0.4, -0.2) is 78.3 Å². The van der Waals surface area contributed by atoms with Gasteiger partial charge in [-0.15, -0.1) is 0 Å². The zero-order chi connectivity index (χ0) is 39.3. The minimum atomic E-state index is -5.65. The molecule has 2 heterocycles. The van der Waals surface area contributed by atoms with Gasteiger partial charge in [0.1, 0.15) is 42.3 Å². The molecule has 5 rings (SSSR count). The molecule has 0 radical (unpaired) electrons. The van der Waals surface area contributed by atoms with Gasteiger partial charge in [0.25, 0.3) is 0 Å². The van der Waals surface area contributed by atoms with Gasteiger partial charge in [-0.25, -0.2) is 4.79 Å². The van der Waals surface area contributed by atoms with Crippen molar-refractivity contribution < 1.29 is 59.9 Å². The number of hydrogen-bond donors (Lipinski definition) is 2. The highest BCUT2D eigenvalue weighted by Gasteiger charge is 2.57. The lowest BCUT2D eigenvalue weighted by Gasteiger charge is -2.37. The summed E-state index contributed by atoms with van der Waals surface area (Å²) in [5.41, 5.74) is 0.664. The van der Waals surface area contributed by atoms with Crippen molar-refractivity contribution in [2.24, 2.45) is 5.92 Å². The molecule has 0 aliphatic carbocycles. The molecule has 0 spiro atoms. The third-order valence-electron chi connectivity index (χ3n) is 8.74. The molecule has 0 saturated carbocycles. The Morgan fingerprint density at radius 1 is 0.926 bits per heavy atom. The number of carbonyl (C=O) groups is 1. The summed E-state index contributed by atoms with van der Waals surface area (Å²) in [5, 5.41) is 13.9. The van der Waals surface area contributed by atoms with Crippen LogP contribution in [0.3, 0.4) is 0 Å². The molecule has 2 unspecified atom stereocenters. The Hall–Kier alpha value is -4.81. The molecule has 4 aromatic rings. The van der Waals surface area contributed by atoms with Crippen molar-refractivity contribution in [2.75, 3.05) is 32.4 Å². The molecule has 5 atom stereocenters. The van der Waals surface area contributed by atoms with E-state index in [9.17, 15) is 41.0 Å². The molecule has 2 N–H and O–H groups in total. The van der Waals surface area contributed by atoms with Crippen molar-refractivity contribution in [3.8, 4) is 5.75 Å². The second-order valence-electron chi connectivity index (χ2n) is 12.4. The van der Waals surface area contributed by atoms with E-state index in [1.165, 1.54) is 26.3 Å². The van der Waals surface area contributed by atoms with Gasteiger partial charge in [-0.1, -0.05) is 72.3 Å². The molecule has 1 saturated heterocycles. The number of amides is 1. The minimum Gasteiger partial charge on any atom is -0.497 e. The average Bonchev–Trinajstić information content (AvgIpc) is 3.42. The van der Waals surface area contributed by atoms with Gasteiger partial charge in [0.15, 0.2) is 12.1 Å². The fraction of sp³-hybridized carbons (Fsp3) is 0.378. The van der Waals surface area contributed by atoms with Crippen LogP contribution in [0.2, 0.25) is 0 Å². The number of benzene rings is 3. The maximum Gasteiger partial charge on any atom is 0.402 e. The van der Waals surface area contributed by atoms with E-state index in [4.69, 9.17) is 18.9 Å². The number of carbonyl (C=O) groups excluding carboxylic acids is 1. The fourth-order valence-electron chi connectivity index (χ4n) is 6.03. The number of nitrogens with one attached hydrogen (secondary N) is 1. The largest absolute Gasteiger partial charge is 0.497 e. The summed E-state index contributed by atoms with van der Waals surface area (Å²) in [5.74, 6) is -3.86. The van der Waals surface area contributed by atoms with E-state index >= 15 is 0 Å². The van der Waals surface area contributed by atoms with Crippen LogP contribution in [0.25, 0.3) is 0 Å². The number of methoxy groups -OCH3 is 1. The number of halogens is 6. The van der Waals surface area contributed by atoms with Gasteiger partial charge in [-0.2, -0.15) is 31.3 Å². The zero-order valence-electron chi connectivity index (χ0n) is 29.1. The molecular weight excluding hydrogens is 728 g/mol. The van der Waals surface area contributed by atoms with Crippen molar-refractivity contribution in [1.82, 2.24) is 9.55 Å². The smallest absolute Gasteiger partial charge is 0.402 e. The van der Waals surface area contributed by atoms with Crippen LogP contribution < -0.4 is 15.7 Å². The predicted molar refractivity (Wildman–Crippen MR) is 180 cm³/mol. The molecule has 1 amide bonds. The zero-order valence-corrected chi connectivity index (χ0v) is 29.1. The number of ether oxygens (including phenoxy) is 5. The second kappa shape index (κ2) is 16.7. The van der Waals surface area contributed by atoms with E-state index in [0.29, 0.717) is 22.4 Å². The highest BCUT2D eigenvalue weighted by atomic mass is 19.4. The minimum absolute atomic E-state index is 0.112. The van der Waals surface area contributed by atoms with Crippen molar-refractivity contribution in [3.05, 3.63) is 124 Å². The van der Waals surface area contributed by atoms with Crippen LogP contribution >= 0.6 is 0 Å². The van der Waals surface area contributed by atoms with Gasteiger partial charge in [-0.05, 0) is 41.8 Å². The van der Waals surface area contributed by atoms with Crippen LogP contribution in [0.4, 0.5) is 32.2 Å². The Balaban J connectivity index is 1.49. The number of hydrogen-bond acceptors (Lipinski definition) is 9. The second-order valence-corrected chi connectivity index (χ2v) is 12.4. The number of anilines is 1. The molecule has 54 heavy (non-hydrogen) atoms. The highest BCUT2D eigenvalue weighted by molar-refractivity contribution is 5.87. The Morgan fingerprint density at radius 3 is 2.07 bits per heavy atom. The van der Waals surface area contributed by atoms with Crippen molar-refractivity contribution in [2.45, 2.75) is 56.3 Å². The third-order valence-corrected chi connectivity index (χ3v) is 8.74. The Labute approximate surface area is 305 Å². The standard InChI is InChI=1S/C37H37F6N3O8/c1-22-9-11-25(12-10-22)35(24-7-5-4-6-8-24,26-13-15-27(50-3)16-14-26)53-19-28-31(48)32(52-21-51-20-29(36(38,39)40)37(41,42)43)33(54-28)46-18-17-30(44-23(2)47)45-34(46)49/h4-18,28-29,31-33,48H,19-21H2,1-3H3,(H,44,45,47,49)/t28-,31?,32+,33-,35?/m1/s1. The first kappa shape index (κ1) is 40.4. The van der Waals surface area contributed by atoms with Gasteiger partial charge >= 0.3 is 18.0 Å². The van der Waals surface area contributed by atoms with Crippen LogP contribution in [0.5, 0.6) is 5.75 Å². The normalized spacial score (nSPS) is 20.1. The van der Waals surface area contributed by atoms with E-state index < -0.39 is 73.4 Å². The van der Waals surface area contributed by atoms with E-state index in [0.717, 1.165) is 10.1 Å². The first-order valence-corrected chi connectivity index (χ1v) is 16.5. The summed E-state index contributed by atoms with van der Waals surface area (Å²) in [6, 6.07) is 25.0. The molecule has 0 bridgehead atoms. The van der Waals surface area contributed by atoms with Gasteiger partial charge in [0.2, 0.25) is 5.91 Å². The molecular formula is C37H37F6N3O8. The van der Waals surface area contributed by atoms with Gasteiger partial charge in [0, 0.05) is 13.1 Å². The van der Waals surface area contributed by atoms with E-state index in [1.807, 2.05) is 61.5 Å². The Kier molecular flexibility index (Phi) is 12.5. The summed E-state index contributed by atoms with van der Waals surface area (Å²) in [6.07, 6.45) is -16.2. The molecule has 11 nitrogen and oxygen atoms in total. The molecule has 1 aromatic heterocycles. The monoisotopic (exact) mass is 765 g/mol. The van der Waals surface area contributed by atoms with E-state index in [1.54, 1.807) is 24.3 Å². The topological polar surface area (TPSA) is 130 Å². The van der Waals surface area contributed by atoms with Gasteiger partial charge in [-0.3, -0.25) is 9.36 Å². The lowest BCUT2D eigenvalue weighted by molar-refractivity contribution is -0.299. The van der Waals surface area contributed by atoms with E-state index in [-0.39, 0.29) is 12.4 Å².